The van der Waals surface area contributed by atoms with E-state index in [0.29, 0.717) is 11.6 Å². The SMILES string of the molecule is CN1CCC[C@H]1CCNC(=O)c1ccc(-n2ccnc2)cc1. The number of carbonyl (C=O) groups excluding carboxylic acids is 1. The average Bonchev–Trinajstić information content (AvgIpc) is 3.20. The van der Waals surface area contributed by atoms with Crippen LogP contribution in [-0.4, -0.2) is 46.5 Å². The molecule has 5 heteroatoms. The first kappa shape index (κ1) is 14.8. The van der Waals surface area contributed by atoms with Crippen molar-refractivity contribution in [1.29, 1.82) is 0 Å². The molecule has 1 aliphatic heterocycles. The highest BCUT2D eigenvalue weighted by molar-refractivity contribution is 5.94. The molecular weight excluding hydrogens is 276 g/mol. The first-order valence-corrected chi connectivity index (χ1v) is 7.81. The van der Waals surface area contributed by atoms with Gasteiger partial charge in [0.15, 0.2) is 0 Å². The molecular formula is C17H22N4O. The zero-order valence-electron chi connectivity index (χ0n) is 12.9. The van der Waals surface area contributed by atoms with Crippen LogP contribution in [0.2, 0.25) is 0 Å². The van der Waals surface area contributed by atoms with Crippen LogP contribution in [0.15, 0.2) is 43.0 Å². The van der Waals surface area contributed by atoms with Crippen molar-refractivity contribution in [3.05, 3.63) is 48.5 Å². The largest absolute Gasteiger partial charge is 0.352 e. The monoisotopic (exact) mass is 298 g/mol. The molecule has 0 unspecified atom stereocenters. The van der Waals surface area contributed by atoms with Crippen LogP contribution in [0.3, 0.4) is 0 Å². The highest BCUT2D eigenvalue weighted by Gasteiger charge is 2.20. The average molecular weight is 298 g/mol. The first-order valence-electron chi connectivity index (χ1n) is 7.81. The molecule has 0 saturated carbocycles. The number of carbonyl (C=O) groups is 1. The Kier molecular flexibility index (Phi) is 4.53. The number of rotatable bonds is 5. The van der Waals surface area contributed by atoms with Gasteiger partial charge in [-0.2, -0.15) is 0 Å². The summed E-state index contributed by atoms with van der Waals surface area (Å²) in [6.07, 6.45) is 8.90. The number of amides is 1. The second-order valence-electron chi connectivity index (χ2n) is 5.84. The van der Waals surface area contributed by atoms with Crippen molar-refractivity contribution in [2.24, 2.45) is 0 Å². The minimum Gasteiger partial charge on any atom is -0.352 e. The van der Waals surface area contributed by atoms with Crippen LogP contribution in [0.25, 0.3) is 5.69 Å². The smallest absolute Gasteiger partial charge is 0.251 e. The molecule has 1 atom stereocenters. The molecule has 1 saturated heterocycles. The van der Waals surface area contributed by atoms with E-state index in [0.717, 1.165) is 18.7 Å². The highest BCUT2D eigenvalue weighted by Crippen LogP contribution is 2.17. The second kappa shape index (κ2) is 6.75. The van der Waals surface area contributed by atoms with Gasteiger partial charge in [-0.1, -0.05) is 0 Å². The van der Waals surface area contributed by atoms with Gasteiger partial charge in [0, 0.05) is 36.2 Å². The molecule has 3 rings (SSSR count). The number of likely N-dealkylation sites (tertiary alicyclic amines) is 1. The first-order chi connectivity index (χ1) is 10.7. The van der Waals surface area contributed by atoms with Crippen molar-refractivity contribution >= 4 is 5.91 Å². The summed E-state index contributed by atoms with van der Waals surface area (Å²) < 4.78 is 1.91. The molecule has 1 amide bonds. The van der Waals surface area contributed by atoms with Gasteiger partial charge in [-0.05, 0) is 57.1 Å². The Morgan fingerprint density at radius 2 is 2.18 bits per heavy atom. The molecule has 1 N–H and O–H groups in total. The van der Waals surface area contributed by atoms with E-state index in [1.165, 1.54) is 19.4 Å². The minimum atomic E-state index is -0.00201. The summed E-state index contributed by atoms with van der Waals surface area (Å²) >= 11 is 0. The van der Waals surface area contributed by atoms with Crippen molar-refractivity contribution in [3.8, 4) is 5.69 Å². The Labute approximate surface area is 131 Å². The fourth-order valence-corrected chi connectivity index (χ4v) is 3.00. The molecule has 1 aromatic carbocycles. The zero-order chi connectivity index (χ0) is 15.4. The summed E-state index contributed by atoms with van der Waals surface area (Å²) in [5.74, 6) is -0.00201. The van der Waals surface area contributed by atoms with Crippen LogP contribution in [0.4, 0.5) is 0 Å². The Morgan fingerprint density at radius 1 is 1.36 bits per heavy atom. The number of nitrogens with zero attached hydrogens (tertiary/aromatic N) is 3. The number of hydrogen-bond acceptors (Lipinski definition) is 3. The van der Waals surface area contributed by atoms with Gasteiger partial charge in [-0.3, -0.25) is 4.79 Å². The molecule has 1 fully saturated rings. The maximum Gasteiger partial charge on any atom is 0.251 e. The van der Waals surface area contributed by atoms with E-state index in [-0.39, 0.29) is 5.91 Å². The maximum atomic E-state index is 12.2. The summed E-state index contributed by atoms with van der Waals surface area (Å²) in [6.45, 7) is 1.91. The van der Waals surface area contributed by atoms with Crippen molar-refractivity contribution in [2.75, 3.05) is 20.1 Å². The van der Waals surface area contributed by atoms with E-state index in [1.807, 2.05) is 35.0 Å². The number of nitrogens with one attached hydrogen (secondary N) is 1. The number of benzene rings is 1. The molecule has 0 aliphatic carbocycles. The van der Waals surface area contributed by atoms with Crippen LogP contribution in [-0.2, 0) is 0 Å². The third-order valence-corrected chi connectivity index (χ3v) is 4.37. The predicted octanol–water partition coefficient (Wildman–Crippen LogP) is 2.09. The topological polar surface area (TPSA) is 50.2 Å². The van der Waals surface area contributed by atoms with E-state index in [4.69, 9.17) is 0 Å². The van der Waals surface area contributed by atoms with Gasteiger partial charge >= 0.3 is 0 Å². The van der Waals surface area contributed by atoms with Crippen LogP contribution < -0.4 is 5.32 Å². The molecule has 1 aliphatic rings. The van der Waals surface area contributed by atoms with Gasteiger partial charge in [-0.25, -0.2) is 4.98 Å². The van der Waals surface area contributed by atoms with Gasteiger partial charge in [0.25, 0.3) is 5.91 Å². The molecule has 5 nitrogen and oxygen atoms in total. The predicted molar refractivity (Wildman–Crippen MR) is 86.2 cm³/mol. The molecule has 0 bridgehead atoms. The van der Waals surface area contributed by atoms with Crippen molar-refractivity contribution in [3.63, 3.8) is 0 Å². The summed E-state index contributed by atoms with van der Waals surface area (Å²) in [5, 5.41) is 3.02. The van der Waals surface area contributed by atoms with Crippen LogP contribution >= 0.6 is 0 Å². The summed E-state index contributed by atoms with van der Waals surface area (Å²) in [4.78, 5) is 18.6. The van der Waals surface area contributed by atoms with E-state index in [2.05, 4.69) is 22.2 Å². The lowest BCUT2D eigenvalue weighted by molar-refractivity contribution is 0.0950. The molecule has 2 aromatic rings. The van der Waals surface area contributed by atoms with Crippen molar-refractivity contribution in [1.82, 2.24) is 19.8 Å². The lowest BCUT2D eigenvalue weighted by Gasteiger charge is -2.19. The Hall–Kier alpha value is -2.14. The lowest BCUT2D eigenvalue weighted by Crippen LogP contribution is -2.31. The van der Waals surface area contributed by atoms with E-state index < -0.39 is 0 Å². The molecule has 22 heavy (non-hydrogen) atoms. The lowest BCUT2D eigenvalue weighted by atomic mass is 10.1. The van der Waals surface area contributed by atoms with Crippen LogP contribution in [0, 0.1) is 0 Å². The molecule has 0 spiro atoms. The molecule has 0 radical (unpaired) electrons. The summed E-state index contributed by atoms with van der Waals surface area (Å²) in [7, 11) is 2.16. The van der Waals surface area contributed by atoms with Gasteiger partial charge in [0.05, 0.1) is 6.33 Å². The Balaban J connectivity index is 1.52. The normalized spacial score (nSPS) is 18.5. The van der Waals surface area contributed by atoms with Crippen LogP contribution in [0.1, 0.15) is 29.6 Å². The third kappa shape index (κ3) is 3.36. The summed E-state index contributed by atoms with van der Waals surface area (Å²) in [5.41, 5.74) is 1.70. The highest BCUT2D eigenvalue weighted by atomic mass is 16.1. The van der Waals surface area contributed by atoms with E-state index in [1.54, 1.807) is 12.5 Å². The Bertz CT molecular complexity index is 606. The fraction of sp³-hybridized carbons (Fsp3) is 0.412. The van der Waals surface area contributed by atoms with Gasteiger partial charge in [-0.15, -0.1) is 0 Å². The third-order valence-electron chi connectivity index (χ3n) is 4.37. The molecule has 2 heterocycles. The number of aromatic nitrogens is 2. The standard InChI is InChI=1S/C17H22N4O/c1-20-11-2-3-15(20)8-9-19-17(22)14-4-6-16(7-5-14)21-12-10-18-13-21/h4-7,10,12-13,15H,2-3,8-9,11H2,1H3,(H,19,22)/t15-/m0/s1. The number of hydrogen-bond donors (Lipinski definition) is 1. The van der Waals surface area contributed by atoms with Gasteiger partial charge < -0.3 is 14.8 Å². The zero-order valence-corrected chi connectivity index (χ0v) is 12.9. The van der Waals surface area contributed by atoms with E-state index >= 15 is 0 Å². The van der Waals surface area contributed by atoms with Crippen molar-refractivity contribution < 1.29 is 4.79 Å². The summed E-state index contributed by atoms with van der Waals surface area (Å²) in [6, 6.07) is 8.19. The minimum absolute atomic E-state index is 0.00201. The van der Waals surface area contributed by atoms with Crippen molar-refractivity contribution in [2.45, 2.75) is 25.3 Å². The quantitative estimate of drug-likeness (QED) is 0.919. The Morgan fingerprint density at radius 3 is 2.82 bits per heavy atom. The second-order valence-corrected chi connectivity index (χ2v) is 5.84. The molecule has 116 valence electrons. The number of imidazole rings is 1. The maximum absolute atomic E-state index is 12.2. The fourth-order valence-electron chi connectivity index (χ4n) is 3.00. The van der Waals surface area contributed by atoms with E-state index in [9.17, 15) is 4.79 Å². The van der Waals surface area contributed by atoms with Gasteiger partial charge in [0.1, 0.15) is 0 Å². The van der Waals surface area contributed by atoms with Crippen LogP contribution in [0.5, 0.6) is 0 Å². The molecule has 1 aromatic heterocycles. The van der Waals surface area contributed by atoms with Gasteiger partial charge in [0.2, 0.25) is 0 Å².